The fourth-order valence-corrected chi connectivity index (χ4v) is 3.84. The van der Waals surface area contributed by atoms with Crippen molar-refractivity contribution in [2.75, 3.05) is 4.90 Å². The summed E-state index contributed by atoms with van der Waals surface area (Å²) in [4.78, 5) is 2.24. The van der Waals surface area contributed by atoms with E-state index in [1.54, 1.807) is 12.1 Å². The third kappa shape index (κ3) is 1.39. The van der Waals surface area contributed by atoms with Crippen LogP contribution in [0.5, 0.6) is 0 Å². The Morgan fingerprint density at radius 2 is 1.74 bits per heavy atom. The molecule has 94 valence electrons. The van der Waals surface area contributed by atoms with Crippen molar-refractivity contribution < 1.29 is 8.42 Å². The number of rotatable bonds is 0. The van der Waals surface area contributed by atoms with Crippen LogP contribution in [-0.4, -0.2) is 14.3 Å². The van der Waals surface area contributed by atoms with Crippen molar-refractivity contribution in [3.05, 3.63) is 59.7 Å². The molecule has 2 aromatic carbocycles. The molecule has 4 nitrogen and oxygen atoms in total. The van der Waals surface area contributed by atoms with Crippen molar-refractivity contribution in [3.8, 4) is 0 Å². The number of hydrogen-bond acceptors (Lipinski definition) is 3. The van der Waals surface area contributed by atoms with Gasteiger partial charge in [-0.3, -0.25) is 0 Å². The second-order valence-corrected chi connectivity index (χ2v) is 6.17. The second-order valence-electron chi connectivity index (χ2n) is 4.60. The van der Waals surface area contributed by atoms with Crippen molar-refractivity contribution in [3.63, 3.8) is 0 Å². The van der Waals surface area contributed by atoms with E-state index >= 15 is 0 Å². The van der Waals surface area contributed by atoms with E-state index in [0.717, 1.165) is 11.1 Å². The maximum Gasteiger partial charge on any atom is 0.286 e. The average molecular weight is 270 g/mol. The highest BCUT2D eigenvalue weighted by Gasteiger charge is 2.35. The fourth-order valence-electron chi connectivity index (χ4n) is 2.63. The van der Waals surface area contributed by atoms with E-state index in [9.17, 15) is 8.42 Å². The zero-order valence-corrected chi connectivity index (χ0v) is 10.8. The molecule has 0 aromatic heterocycles. The molecule has 5 heteroatoms. The first-order valence-corrected chi connectivity index (χ1v) is 7.41. The van der Waals surface area contributed by atoms with Gasteiger partial charge in [0, 0.05) is 5.56 Å². The average Bonchev–Trinajstić information content (AvgIpc) is 2.77. The van der Waals surface area contributed by atoms with Crippen LogP contribution >= 0.6 is 0 Å². The largest absolute Gasteiger partial charge is 0.319 e. The van der Waals surface area contributed by atoms with Crippen molar-refractivity contribution >= 4 is 21.5 Å². The van der Waals surface area contributed by atoms with Crippen LogP contribution in [0.3, 0.4) is 0 Å². The van der Waals surface area contributed by atoms with Gasteiger partial charge in [-0.1, -0.05) is 36.4 Å². The fraction of sp³-hybridized carbons (Fsp3) is 0.0714. The number of anilines is 1. The highest BCUT2D eigenvalue weighted by Crippen LogP contribution is 2.37. The highest BCUT2D eigenvalue weighted by molar-refractivity contribution is 7.90. The lowest BCUT2D eigenvalue weighted by Crippen LogP contribution is -2.30. The van der Waals surface area contributed by atoms with Crippen molar-refractivity contribution in [1.82, 2.24) is 0 Å². The summed E-state index contributed by atoms with van der Waals surface area (Å²) in [6.07, 6.45) is 0. The first-order valence-electron chi connectivity index (χ1n) is 5.97. The molecule has 0 saturated heterocycles. The van der Waals surface area contributed by atoms with E-state index < -0.39 is 10.0 Å². The zero-order chi connectivity index (χ0) is 13.0. The van der Waals surface area contributed by atoms with Crippen LogP contribution < -0.4 is 4.90 Å². The Balaban J connectivity index is 2.04. The van der Waals surface area contributed by atoms with Crippen LogP contribution in [0.25, 0.3) is 0 Å². The lowest BCUT2D eigenvalue weighted by atomic mass is 10.1. The lowest BCUT2D eigenvalue weighted by molar-refractivity contribution is 0.597. The summed E-state index contributed by atoms with van der Waals surface area (Å²) in [7, 11) is -3.59. The molecule has 0 spiro atoms. The molecule has 2 heterocycles. The van der Waals surface area contributed by atoms with Gasteiger partial charge in [-0.05, 0) is 17.7 Å². The molecule has 0 radical (unpaired) electrons. The third-order valence-electron chi connectivity index (χ3n) is 3.48. The quantitative estimate of drug-likeness (QED) is 0.737. The van der Waals surface area contributed by atoms with Gasteiger partial charge in [-0.15, -0.1) is 4.40 Å². The molecule has 2 aliphatic heterocycles. The van der Waals surface area contributed by atoms with Gasteiger partial charge in [0.1, 0.15) is 4.90 Å². The van der Waals surface area contributed by atoms with Crippen LogP contribution in [0.2, 0.25) is 0 Å². The number of hydrogen-bond donors (Lipinski definition) is 0. The minimum Gasteiger partial charge on any atom is -0.319 e. The summed E-state index contributed by atoms with van der Waals surface area (Å²) in [5.41, 5.74) is 2.72. The topological polar surface area (TPSA) is 49.7 Å². The first-order chi connectivity index (χ1) is 9.17. The van der Waals surface area contributed by atoms with E-state index in [0.29, 0.717) is 18.1 Å². The molecule has 0 aliphatic carbocycles. The van der Waals surface area contributed by atoms with E-state index in [-0.39, 0.29) is 4.90 Å². The number of fused-ring (bicyclic) bond motifs is 5. The summed E-state index contributed by atoms with van der Waals surface area (Å²) < 4.78 is 28.4. The normalized spacial score (nSPS) is 18.3. The van der Waals surface area contributed by atoms with E-state index in [1.807, 2.05) is 41.3 Å². The standard InChI is InChI=1S/C14H10N2O2S/c17-19(18)13-8-4-3-7-12(13)16-9-10-5-1-2-6-11(10)14(16)15-19/h1-8H,9H2. The lowest BCUT2D eigenvalue weighted by Gasteiger charge is -2.25. The van der Waals surface area contributed by atoms with Gasteiger partial charge in [-0.2, -0.15) is 8.42 Å². The van der Waals surface area contributed by atoms with Gasteiger partial charge in [0.05, 0.1) is 12.2 Å². The minimum atomic E-state index is -3.59. The van der Waals surface area contributed by atoms with Gasteiger partial charge >= 0.3 is 0 Å². The Labute approximate surface area is 111 Å². The van der Waals surface area contributed by atoms with E-state index in [1.165, 1.54) is 0 Å². The van der Waals surface area contributed by atoms with Crippen molar-refractivity contribution in [1.29, 1.82) is 0 Å². The molecular weight excluding hydrogens is 260 g/mol. The second kappa shape index (κ2) is 3.45. The molecular formula is C14H10N2O2S. The van der Waals surface area contributed by atoms with Crippen LogP contribution in [0.15, 0.2) is 57.8 Å². The molecule has 0 bridgehead atoms. The number of para-hydroxylation sites is 1. The Bertz CT molecular complexity index is 825. The Morgan fingerprint density at radius 3 is 2.63 bits per heavy atom. The molecule has 0 amide bonds. The Morgan fingerprint density at radius 1 is 1.00 bits per heavy atom. The minimum absolute atomic E-state index is 0.284. The molecule has 4 rings (SSSR count). The molecule has 0 atom stereocenters. The van der Waals surface area contributed by atoms with Crippen molar-refractivity contribution in [2.45, 2.75) is 11.4 Å². The maximum atomic E-state index is 12.2. The first kappa shape index (κ1) is 10.8. The molecule has 2 aromatic rings. The van der Waals surface area contributed by atoms with E-state index in [4.69, 9.17) is 0 Å². The summed E-state index contributed by atoms with van der Waals surface area (Å²) in [5.74, 6) is 0.536. The van der Waals surface area contributed by atoms with Crippen LogP contribution in [0.1, 0.15) is 11.1 Å². The van der Waals surface area contributed by atoms with Gasteiger partial charge in [0.25, 0.3) is 10.0 Å². The Hall–Kier alpha value is -2.14. The molecule has 0 unspecified atom stereocenters. The molecule has 2 aliphatic rings. The van der Waals surface area contributed by atoms with Gasteiger partial charge in [0.2, 0.25) is 0 Å². The summed E-state index contributed by atoms with van der Waals surface area (Å²) in [6.45, 7) is 0.668. The van der Waals surface area contributed by atoms with Crippen LogP contribution in [-0.2, 0) is 16.6 Å². The van der Waals surface area contributed by atoms with Gasteiger partial charge in [-0.25, -0.2) is 0 Å². The number of nitrogens with zero attached hydrogens (tertiary/aromatic N) is 2. The summed E-state index contributed by atoms with van der Waals surface area (Å²) in [6, 6.07) is 14.8. The van der Waals surface area contributed by atoms with Crippen LogP contribution in [0, 0.1) is 0 Å². The van der Waals surface area contributed by atoms with Crippen molar-refractivity contribution in [2.24, 2.45) is 4.40 Å². The summed E-state index contributed by atoms with van der Waals surface area (Å²) >= 11 is 0. The molecule has 19 heavy (non-hydrogen) atoms. The zero-order valence-electron chi connectivity index (χ0n) is 9.95. The van der Waals surface area contributed by atoms with Crippen LogP contribution in [0.4, 0.5) is 5.69 Å². The monoisotopic (exact) mass is 270 g/mol. The van der Waals surface area contributed by atoms with E-state index in [2.05, 4.69) is 4.40 Å². The smallest absolute Gasteiger partial charge is 0.286 e. The molecule has 0 saturated carbocycles. The molecule has 0 fully saturated rings. The predicted octanol–water partition coefficient (Wildman–Crippen LogP) is 2.16. The third-order valence-corrected chi connectivity index (χ3v) is 4.80. The van der Waals surface area contributed by atoms with Gasteiger partial charge < -0.3 is 4.90 Å². The Kier molecular flexibility index (Phi) is 1.95. The maximum absolute atomic E-state index is 12.2. The van der Waals surface area contributed by atoms with Gasteiger partial charge in [0.15, 0.2) is 5.84 Å². The number of sulfonamides is 1. The highest BCUT2D eigenvalue weighted by atomic mass is 32.2. The predicted molar refractivity (Wildman–Crippen MR) is 72.8 cm³/mol. The number of benzene rings is 2. The number of amidine groups is 1. The molecule has 0 N–H and O–H groups in total. The summed E-state index contributed by atoms with van der Waals surface area (Å²) in [5, 5.41) is 0. The SMILES string of the molecule is O=S1(=O)N=C2c3ccccc3CN2c2ccccc21.